The SMILES string of the molecule is Cc1ccc(S(=O)(=O)Nc2ccc(Nc3c(F)cccc3F)cn2)cc1C. The molecule has 0 radical (unpaired) electrons. The molecule has 0 saturated heterocycles. The van der Waals surface area contributed by atoms with Gasteiger partial charge < -0.3 is 5.32 Å². The molecule has 0 fully saturated rings. The van der Waals surface area contributed by atoms with Gasteiger partial charge >= 0.3 is 0 Å². The molecule has 2 aromatic carbocycles. The molecule has 8 heteroatoms. The van der Waals surface area contributed by atoms with Crippen molar-refractivity contribution in [2.45, 2.75) is 18.7 Å². The van der Waals surface area contributed by atoms with Crippen LogP contribution in [0.1, 0.15) is 11.1 Å². The van der Waals surface area contributed by atoms with E-state index in [1.165, 1.54) is 30.5 Å². The average molecular weight is 389 g/mol. The average Bonchev–Trinajstić information content (AvgIpc) is 2.62. The van der Waals surface area contributed by atoms with Crippen LogP contribution in [-0.4, -0.2) is 13.4 Å². The minimum atomic E-state index is -3.79. The van der Waals surface area contributed by atoms with Gasteiger partial charge in [0.1, 0.15) is 23.1 Å². The first-order valence-corrected chi connectivity index (χ1v) is 9.52. The van der Waals surface area contributed by atoms with Crippen molar-refractivity contribution in [1.82, 2.24) is 4.98 Å². The van der Waals surface area contributed by atoms with Crippen LogP contribution in [0.4, 0.5) is 26.0 Å². The predicted molar refractivity (Wildman–Crippen MR) is 101 cm³/mol. The van der Waals surface area contributed by atoms with Crippen molar-refractivity contribution in [2.24, 2.45) is 0 Å². The highest BCUT2D eigenvalue weighted by Gasteiger charge is 2.16. The lowest BCUT2D eigenvalue weighted by molar-refractivity contribution is 0.590. The monoisotopic (exact) mass is 389 g/mol. The van der Waals surface area contributed by atoms with Crippen LogP contribution in [0.3, 0.4) is 0 Å². The van der Waals surface area contributed by atoms with Crippen molar-refractivity contribution in [1.29, 1.82) is 0 Å². The van der Waals surface area contributed by atoms with Crippen molar-refractivity contribution < 1.29 is 17.2 Å². The normalized spacial score (nSPS) is 11.3. The summed E-state index contributed by atoms with van der Waals surface area (Å²) in [6, 6.07) is 11.2. The number of aromatic nitrogens is 1. The van der Waals surface area contributed by atoms with Crippen molar-refractivity contribution in [2.75, 3.05) is 10.0 Å². The number of hydrogen-bond acceptors (Lipinski definition) is 4. The Bertz CT molecular complexity index is 1060. The van der Waals surface area contributed by atoms with E-state index in [9.17, 15) is 17.2 Å². The first-order valence-electron chi connectivity index (χ1n) is 8.03. The second kappa shape index (κ2) is 7.32. The van der Waals surface area contributed by atoms with Gasteiger partial charge in [0.15, 0.2) is 0 Å². The zero-order chi connectivity index (χ0) is 19.6. The fraction of sp³-hybridized carbons (Fsp3) is 0.105. The molecule has 0 spiro atoms. The van der Waals surface area contributed by atoms with Crippen molar-refractivity contribution >= 4 is 27.2 Å². The van der Waals surface area contributed by atoms with E-state index in [-0.39, 0.29) is 16.4 Å². The number of hydrogen-bond donors (Lipinski definition) is 2. The summed E-state index contributed by atoms with van der Waals surface area (Å²) >= 11 is 0. The second-order valence-corrected chi connectivity index (χ2v) is 7.69. The minimum Gasteiger partial charge on any atom is -0.349 e. The van der Waals surface area contributed by atoms with Gasteiger partial charge in [-0.15, -0.1) is 0 Å². The van der Waals surface area contributed by atoms with Crippen LogP contribution in [0.15, 0.2) is 59.6 Å². The Morgan fingerprint density at radius 2 is 1.63 bits per heavy atom. The van der Waals surface area contributed by atoms with Gasteiger partial charge in [0, 0.05) is 0 Å². The van der Waals surface area contributed by atoms with Gasteiger partial charge in [-0.25, -0.2) is 22.2 Å². The van der Waals surface area contributed by atoms with Crippen LogP contribution < -0.4 is 10.0 Å². The number of aryl methyl sites for hydroxylation is 2. The molecule has 0 aliphatic heterocycles. The maximum absolute atomic E-state index is 13.7. The standard InChI is InChI=1S/C19H17F2N3O2S/c1-12-6-8-15(10-13(12)2)27(25,26)24-18-9-7-14(11-22-18)23-19-16(20)4-3-5-17(19)21/h3-11,23H,1-2H3,(H,22,24). The van der Waals surface area contributed by atoms with Gasteiger partial charge in [-0.1, -0.05) is 12.1 Å². The highest BCUT2D eigenvalue weighted by Crippen LogP contribution is 2.24. The lowest BCUT2D eigenvalue weighted by Gasteiger charge is -2.11. The molecule has 0 saturated carbocycles. The van der Waals surface area contributed by atoms with Crippen LogP contribution >= 0.6 is 0 Å². The molecule has 0 bridgehead atoms. The number of halogens is 2. The quantitative estimate of drug-likeness (QED) is 0.673. The molecule has 0 aliphatic rings. The summed E-state index contributed by atoms with van der Waals surface area (Å²) in [7, 11) is -3.79. The zero-order valence-electron chi connectivity index (χ0n) is 14.6. The van der Waals surface area contributed by atoms with Gasteiger partial charge in [0.2, 0.25) is 0 Å². The van der Waals surface area contributed by atoms with Crippen LogP contribution in [0.5, 0.6) is 0 Å². The smallest absolute Gasteiger partial charge is 0.263 e. The molecule has 1 aromatic heterocycles. The Hall–Kier alpha value is -3.00. The van der Waals surface area contributed by atoms with Crippen LogP contribution in [0.2, 0.25) is 0 Å². The van der Waals surface area contributed by atoms with Gasteiger partial charge in [0.25, 0.3) is 10.0 Å². The van der Waals surface area contributed by atoms with E-state index < -0.39 is 21.7 Å². The number of nitrogens with one attached hydrogen (secondary N) is 2. The van der Waals surface area contributed by atoms with Crippen molar-refractivity contribution in [3.63, 3.8) is 0 Å². The largest absolute Gasteiger partial charge is 0.349 e. The van der Waals surface area contributed by atoms with Crippen LogP contribution in [0.25, 0.3) is 0 Å². The van der Waals surface area contributed by atoms with Gasteiger partial charge in [-0.05, 0) is 61.4 Å². The van der Waals surface area contributed by atoms with E-state index in [1.54, 1.807) is 12.1 Å². The summed E-state index contributed by atoms with van der Waals surface area (Å²) in [4.78, 5) is 4.11. The molecule has 0 aliphatic carbocycles. The Morgan fingerprint density at radius 1 is 0.926 bits per heavy atom. The zero-order valence-corrected chi connectivity index (χ0v) is 15.4. The first kappa shape index (κ1) is 18.8. The summed E-state index contributed by atoms with van der Waals surface area (Å²) in [6.45, 7) is 3.72. The number of sulfonamides is 1. The number of benzene rings is 2. The van der Waals surface area contributed by atoms with E-state index in [1.807, 2.05) is 13.8 Å². The minimum absolute atomic E-state index is 0.0905. The van der Waals surface area contributed by atoms with E-state index in [0.717, 1.165) is 23.3 Å². The second-order valence-electron chi connectivity index (χ2n) is 6.01. The fourth-order valence-corrected chi connectivity index (χ4v) is 3.46. The third-order valence-electron chi connectivity index (χ3n) is 4.02. The maximum Gasteiger partial charge on any atom is 0.263 e. The molecular formula is C19H17F2N3O2S. The molecule has 1 heterocycles. The molecular weight excluding hydrogens is 372 g/mol. The number of para-hydroxylation sites is 1. The lowest BCUT2D eigenvalue weighted by atomic mass is 10.1. The molecule has 0 atom stereocenters. The number of nitrogens with zero attached hydrogens (tertiary/aromatic N) is 1. The molecule has 2 N–H and O–H groups in total. The topological polar surface area (TPSA) is 71.1 Å². The summed E-state index contributed by atoms with van der Waals surface area (Å²) < 4.78 is 54.7. The van der Waals surface area contributed by atoms with E-state index >= 15 is 0 Å². The Balaban J connectivity index is 1.78. The third kappa shape index (κ3) is 4.22. The highest BCUT2D eigenvalue weighted by atomic mass is 32.2. The first-order chi connectivity index (χ1) is 12.8. The van der Waals surface area contributed by atoms with Crippen LogP contribution in [0, 0.1) is 25.5 Å². The predicted octanol–water partition coefficient (Wildman–Crippen LogP) is 4.52. The van der Waals surface area contributed by atoms with Gasteiger partial charge in [0.05, 0.1) is 16.8 Å². The molecule has 0 unspecified atom stereocenters. The summed E-state index contributed by atoms with van der Waals surface area (Å²) in [6.07, 6.45) is 1.28. The molecule has 3 aromatic rings. The fourth-order valence-electron chi connectivity index (χ4n) is 2.37. The lowest BCUT2D eigenvalue weighted by Crippen LogP contribution is -2.14. The van der Waals surface area contributed by atoms with E-state index in [0.29, 0.717) is 5.69 Å². The Morgan fingerprint density at radius 3 is 2.22 bits per heavy atom. The van der Waals surface area contributed by atoms with Crippen molar-refractivity contribution in [3.05, 3.63) is 77.5 Å². The van der Waals surface area contributed by atoms with Crippen molar-refractivity contribution in [3.8, 4) is 0 Å². The maximum atomic E-state index is 13.7. The van der Waals surface area contributed by atoms with Gasteiger partial charge in [-0.3, -0.25) is 4.72 Å². The molecule has 0 amide bonds. The number of rotatable bonds is 5. The molecule has 140 valence electrons. The summed E-state index contributed by atoms with van der Waals surface area (Å²) in [5, 5.41) is 2.59. The number of anilines is 3. The number of pyridine rings is 1. The van der Waals surface area contributed by atoms with E-state index in [4.69, 9.17) is 0 Å². The molecule has 27 heavy (non-hydrogen) atoms. The van der Waals surface area contributed by atoms with Crippen LogP contribution in [-0.2, 0) is 10.0 Å². The summed E-state index contributed by atoms with van der Waals surface area (Å²) in [5.74, 6) is -1.39. The summed E-state index contributed by atoms with van der Waals surface area (Å²) in [5.41, 5.74) is 1.86. The Labute approximate surface area is 156 Å². The van der Waals surface area contributed by atoms with Gasteiger partial charge in [-0.2, -0.15) is 0 Å². The third-order valence-corrected chi connectivity index (χ3v) is 5.38. The van der Waals surface area contributed by atoms with E-state index in [2.05, 4.69) is 15.0 Å². The Kier molecular flexibility index (Phi) is 5.09. The molecule has 5 nitrogen and oxygen atoms in total. The highest BCUT2D eigenvalue weighted by molar-refractivity contribution is 7.92. The molecule has 3 rings (SSSR count).